The standard InChI is InChI=1S/C18H24N4OS.C2HF3O2/c1-14-4-5-16(24-14)12-20-9-15(11-22-7-2-3-18(22)23)10-21-8-6-19-17(21)13-20;3-2(4,5)1(6)7/h4-6,8,15H,2-3,7,9-13H2,1H3;(H,6,7). The largest absolute Gasteiger partial charge is 0.490 e. The van der Waals surface area contributed by atoms with Crippen LogP contribution in [0.3, 0.4) is 0 Å². The number of alkyl halides is 3. The number of hydrogen-bond donors (Lipinski definition) is 1. The molecule has 1 amide bonds. The van der Waals surface area contributed by atoms with Crippen LogP contribution in [0.25, 0.3) is 0 Å². The Morgan fingerprint density at radius 3 is 2.65 bits per heavy atom. The molecular weight excluding hydrogens is 433 g/mol. The summed E-state index contributed by atoms with van der Waals surface area (Å²) in [4.78, 5) is 32.7. The zero-order valence-corrected chi connectivity index (χ0v) is 18.0. The second-order valence-electron chi connectivity index (χ2n) is 7.79. The van der Waals surface area contributed by atoms with Crippen molar-refractivity contribution in [3.8, 4) is 0 Å². The lowest BCUT2D eigenvalue weighted by molar-refractivity contribution is -0.192. The quantitative estimate of drug-likeness (QED) is 0.762. The number of imidazole rings is 1. The average molecular weight is 459 g/mol. The van der Waals surface area contributed by atoms with Crippen molar-refractivity contribution in [3.05, 3.63) is 40.1 Å². The second-order valence-corrected chi connectivity index (χ2v) is 9.16. The van der Waals surface area contributed by atoms with Crippen LogP contribution in [0.4, 0.5) is 13.2 Å². The summed E-state index contributed by atoms with van der Waals surface area (Å²) in [5.74, 6) is -0.833. The summed E-state index contributed by atoms with van der Waals surface area (Å²) in [5.41, 5.74) is 0. The highest BCUT2D eigenvalue weighted by atomic mass is 32.1. The number of fused-ring (bicyclic) bond motifs is 1. The fourth-order valence-electron chi connectivity index (χ4n) is 3.86. The van der Waals surface area contributed by atoms with E-state index >= 15 is 0 Å². The Morgan fingerprint density at radius 2 is 2.06 bits per heavy atom. The van der Waals surface area contributed by atoms with E-state index in [4.69, 9.17) is 9.90 Å². The van der Waals surface area contributed by atoms with E-state index in [1.54, 1.807) is 0 Å². The van der Waals surface area contributed by atoms with Crippen LogP contribution < -0.4 is 0 Å². The lowest BCUT2D eigenvalue weighted by atomic mass is 10.1. The smallest absolute Gasteiger partial charge is 0.475 e. The number of likely N-dealkylation sites (tertiary alicyclic amines) is 1. The van der Waals surface area contributed by atoms with Crippen molar-refractivity contribution in [2.45, 2.75) is 45.6 Å². The van der Waals surface area contributed by atoms with Crippen LogP contribution in [0.1, 0.15) is 28.4 Å². The molecule has 7 nitrogen and oxygen atoms in total. The average Bonchev–Trinajstić information content (AvgIpc) is 3.36. The topological polar surface area (TPSA) is 78.7 Å². The molecule has 0 radical (unpaired) electrons. The Balaban J connectivity index is 0.000000339. The first-order valence-corrected chi connectivity index (χ1v) is 10.8. The molecule has 1 saturated heterocycles. The van der Waals surface area contributed by atoms with E-state index in [1.807, 2.05) is 17.5 Å². The highest BCUT2D eigenvalue weighted by molar-refractivity contribution is 7.11. The number of carbonyl (C=O) groups excluding carboxylic acids is 1. The van der Waals surface area contributed by atoms with Gasteiger partial charge in [0.2, 0.25) is 5.91 Å². The maximum absolute atomic E-state index is 12.0. The Kier molecular flexibility index (Phi) is 7.37. The van der Waals surface area contributed by atoms with E-state index < -0.39 is 12.1 Å². The molecule has 1 fully saturated rings. The van der Waals surface area contributed by atoms with Crippen LogP contribution in [0.15, 0.2) is 24.5 Å². The SMILES string of the molecule is Cc1ccc(CN2Cc3nccn3CC(CN3CCCC3=O)C2)s1.O=C(O)C(F)(F)F. The number of aromatic nitrogens is 2. The van der Waals surface area contributed by atoms with E-state index in [0.717, 1.165) is 57.9 Å². The Hall–Kier alpha value is -2.40. The number of halogens is 3. The number of amides is 1. The molecule has 4 heterocycles. The fourth-order valence-corrected chi connectivity index (χ4v) is 4.79. The number of carboxylic acids is 1. The van der Waals surface area contributed by atoms with Crippen molar-refractivity contribution in [2.24, 2.45) is 5.92 Å². The molecule has 0 aromatic carbocycles. The van der Waals surface area contributed by atoms with Crippen LogP contribution in [-0.2, 0) is 29.2 Å². The molecule has 1 N–H and O–H groups in total. The Morgan fingerprint density at radius 1 is 1.32 bits per heavy atom. The van der Waals surface area contributed by atoms with Gasteiger partial charge in [-0.15, -0.1) is 11.3 Å². The molecule has 0 aliphatic carbocycles. The van der Waals surface area contributed by atoms with Crippen LogP contribution in [0.5, 0.6) is 0 Å². The molecule has 11 heteroatoms. The number of carboxylic acid groups (broad SMARTS) is 1. The van der Waals surface area contributed by atoms with Crippen molar-refractivity contribution in [3.63, 3.8) is 0 Å². The number of hydrogen-bond acceptors (Lipinski definition) is 5. The van der Waals surface area contributed by atoms with Gasteiger partial charge in [0.15, 0.2) is 0 Å². The van der Waals surface area contributed by atoms with Crippen molar-refractivity contribution in [1.82, 2.24) is 19.4 Å². The van der Waals surface area contributed by atoms with Gasteiger partial charge in [-0.1, -0.05) is 0 Å². The summed E-state index contributed by atoms with van der Waals surface area (Å²) in [6.45, 7) is 7.78. The monoisotopic (exact) mass is 458 g/mol. The molecule has 1 atom stereocenters. The second kappa shape index (κ2) is 9.82. The lowest BCUT2D eigenvalue weighted by Crippen LogP contribution is -2.37. The third-order valence-corrected chi connectivity index (χ3v) is 6.19. The predicted molar refractivity (Wildman–Crippen MR) is 108 cm³/mol. The zero-order chi connectivity index (χ0) is 22.6. The van der Waals surface area contributed by atoms with Gasteiger partial charge in [-0.25, -0.2) is 9.78 Å². The molecule has 0 spiro atoms. The van der Waals surface area contributed by atoms with E-state index in [1.165, 1.54) is 9.75 Å². The normalized spacial score (nSPS) is 19.5. The number of aryl methyl sites for hydroxylation is 1. The van der Waals surface area contributed by atoms with Crippen LogP contribution >= 0.6 is 11.3 Å². The highest BCUT2D eigenvalue weighted by Gasteiger charge is 2.38. The molecule has 31 heavy (non-hydrogen) atoms. The molecule has 0 saturated carbocycles. The van der Waals surface area contributed by atoms with E-state index in [0.29, 0.717) is 11.8 Å². The first-order valence-electron chi connectivity index (χ1n) is 9.97. The molecule has 2 aliphatic heterocycles. The van der Waals surface area contributed by atoms with Gasteiger partial charge in [-0.2, -0.15) is 13.2 Å². The number of carbonyl (C=O) groups is 2. The van der Waals surface area contributed by atoms with Crippen LogP contribution in [0, 0.1) is 12.8 Å². The molecule has 2 aromatic heterocycles. The molecule has 4 rings (SSSR count). The Labute approximate surface area is 182 Å². The van der Waals surface area contributed by atoms with E-state index in [-0.39, 0.29) is 0 Å². The van der Waals surface area contributed by atoms with Gasteiger partial charge in [0.25, 0.3) is 0 Å². The molecule has 2 aromatic rings. The lowest BCUT2D eigenvalue weighted by Gasteiger charge is -2.27. The number of nitrogens with zero attached hydrogens (tertiary/aromatic N) is 4. The first kappa shape index (κ1) is 23.3. The zero-order valence-electron chi connectivity index (χ0n) is 17.1. The maximum Gasteiger partial charge on any atom is 0.490 e. The van der Waals surface area contributed by atoms with E-state index in [2.05, 4.69) is 44.6 Å². The van der Waals surface area contributed by atoms with Crippen molar-refractivity contribution in [1.29, 1.82) is 0 Å². The summed E-state index contributed by atoms with van der Waals surface area (Å²) in [5, 5.41) is 7.12. The summed E-state index contributed by atoms with van der Waals surface area (Å²) in [6, 6.07) is 4.43. The summed E-state index contributed by atoms with van der Waals surface area (Å²) in [6.07, 6.45) is 0.625. The van der Waals surface area contributed by atoms with Gasteiger partial charge >= 0.3 is 12.1 Å². The Bertz CT molecular complexity index is 912. The molecule has 1 unspecified atom stereocenters. The molecule has 170 valence electrons. The van der Waals surface area contributed by atoms with Gasteiger partial charge < -0.3 is 14.6 Å². The fraction of sp³-hybridized carbons (Fsp3) is 0.550. The number of thiophene rings is 1. The third kappa shape index (κ3) is 6.54. The minimum Gasteiger partial charge on any atom is -0.475 e. The predicted octanol–water partition coefficient (Wildman–Crippen LogP) is 3.14. The maximum atomic E-state index is 12.0. The highest BCUT2D eigenvalue weighted by Crippen LogP contribution is 2.23. The van der Waals surface area contributed by atoms with Crippen molar-refractivity contribution >= 4 is 23.2 Å². The van der Waals surface area contributed by atoms with Crippen molar-refractivity contribution < 1.29 is 27.9 Å². The van der Waals surface area contributed by atoms with E-state index in [9.17, 15) is 18.0 Å². The summed E-state index contributed by atoms with van der Waals surface area (Å²) in [7, 11) is 0. The minimum absolute atomic E-state index is 0.325. The first-order chi connectivity index (χ1) is 14.6. The number of rotatable bonds is 4. The third-order valence-electron chi connectivity index (χ3n) is 5.21. The summed E-state index contributed by atoms with van der Waals surface area (Å²) < 4.78 is 34.0. The van der Waals surface area contributed by atoms with Gasteiger partial charge in [0.1, 0.15) is 5.82 Å². The van der Waals surface area contributed by atoms with Gasteiger partial charge in [0.05, 0.1) is 6.54 Å². The van der Waals surface area contributed by atoms with Crippen LogP contribution in [0.2, 0.25) is 0 Å². The summed E-state index contributed by atoms with van der Waals surface area (Å²) >= 11 is 1.87. The van der Waals surface area contributed by atoms with Gasteiger partial charge in [0, 0.05) is 67.2 Å². The molecule has 2 aliphatic rings. The number of aliphatic carboxylic acids is 1. The minimum atomic E-state index is -5.08. The van der Waals surface area contributed by atoms with Gasteiger partial charge in [-0.05, 0) is 25.5 Å². The van der Waals surface area contributed by atoms with Crippen molar-refractivity contribution in [2.75, 3.05) is 19.6 Å². The van der Waals surface area contributed by atoms with Crippen LogP contribution in [-0.4, -0.2) is 62.1 Å². The van der Waals surface area contributed by atoms with Gasteiger partial charge in [-0.3, -0.25) is 9.69 Å². The molecule has 0 bridgehead atoms. The molecular formula is C20H25F3N4O3S.